The minimum absolute atomic E-state index is 0.0554. The number of likely N-dealkylation sites (tertiary alicyclic amines) is 2. The molecule has 0 bridgehead atoms. The average Bonchev–Trinajstić information content (AvgIpc) is 3.41. The number of carbonyl (C=O) groups excluding carboxylic acids is 3. The normalized spacial score (nSPS) is 25.8. The molecular weight excluding hydrogens is 428 g/mol. The number of benzene rings is 1. The Morgan fingerprint density at radius 2 is 1.85 bits per heavy atom. The zero-order chi connectivity index (χ0) is 24.3. The van der Waals surface area contributed by atoms with E-state index in [9.17, 15) is 14.4 Å². The molecule has 0 spiro atoms. The van der Waals surface area contributed by atoms with E-state index in [2.05, 4.69) is 17.4 Å². The van der Waals surface area contributed by atoms with E-state index in [1.54, 1.807) is 11.9 Å². The topological polar surface area (TPSA) is 95.7 Å². The van der Waals surface area contributed by atoms with Crippen LogP contribution in [0.5, 0.6) is 0 Å². The van der Waals surface area contributed by atoms with Gasteiger partial charge >= 0.3 is 0 Å². The second-order valence-electron chi connectivity index (χ2n) is 10.4. The molecule has 1 aliphatic carbocycles. The first-order valence-corrected chi connectivity index (χ1v) is 13.0. The molecular formula is C27H40N4O3. The fourth-order valence-electron chi connectivity index (χ4n) is 6.76. The van der Waals surface area contributed by atoms with Crippen LogP contribution < -0.4 is 11.1 Å². The summed E-state index contributed by atoms with van der Waals surface area (Å²) in [5.74, 6) is -0.749. The van der Waals surface area contributed by atoms with Gasteiger partial charge in [-0.3, -0.25) is 14.4 Å². The van der Waals surface area contributed by atoms with E-state index in [1.165, 1.54) is 5.56 Å². The van der Waals surface area contributed by atoms with Gasteiger partial charge in [-0.05, 0) is 50.6 Å². The molecule has 2 saturated heterocycles. The first-order valence-electron chi connectivity index (χ1n) is 13.0. The van der Waals surface area contributed by atoms with E-state index in [-0.39, 0.29) is 23.7 Å². The van der Waals surface area contributed by atoms with Gasteiger partial charge in [-0.2, -0.15) is 0 Å². The van der Waals surface area contributed by atoms with Gasteiger partial charge in [0.2, 0.25) is 17.7 Å². The molecule has 1 saturated carbocycles. The maximum Gasteiger partial charge on any atom is 0.245 e. The van der Waals surface area contributed by atoms with Crippen LogP contribution in [0.2, 0.25) is 0 Å². The Labute approximate surface area is 203 Å². The van der Waals surface area contributed by atoms with E-state index in [0.717, 1.165) is 44.9 Å². The lowest BCUT2D eigenvalue weighted by Gasteiger charge is -2.44. The Hall–Kier alpha value is -2.41. The first kappa shape index (κ1) is 24.7. The van der Waals surface area contributed by atoms with Crippen LogP contribution in [-0.2, 0) is 20.8 Å². The minimum atomic E-state index is -1.09. The van der Waals surface area contributed by atoms with Crippen LogP contribution in [0.1, 0.15) is 57.4 Å². The molecule has 0 radical (unpaired) electrons. The number of hydrogen-bond donors (Lipinski definition) is 2. The Morgan fingerprint density at radius 1 is 1.15 bits per heavy atom. The lowest BCUT2D eigenvalue weighted by molar-refractivity contribution is -0.151. The van der Waals surface area contributed by atoms with Gasteiger partial charge in [0.15, 0.2) is 0 Å². The Bertz CT molecular complexity index is 879. The summed E-state index contributed by atoms with van der Waals surface area (Å²) < 4.78 is 0. The number of rotatable bonds is 9. The third kappa shape index (κ3) is 4.47. The van der Waals surface area contributed by atoms with Crippen molar-refractivity contribution in [3.63, 3.8) is 0 Å². The van der Waals surface area contributed by atoms with Crippen molar-refractivity contribution >= 4 is 17.7 Å². The van der Waals surface area contributed by atoms with Gasteiger partial charge in [0, 0.05) is 25.6 Å². The van der Waals surface area contributed by atoms with E-state index in [1.807, 2.05) is 30.0 Å². The average molecular weight is 469 g/mol. The van der Waals surface area contributed by atoms with Gasteiger partial charge in [0.1, 0.15) is 11.6 Å². The van der Waals surface area contributed by atoms with E-state index in [4.69, 9.17) is 5.73 Å². The van der Waals surface area contributed by atoms with Crippen molar-refractivity contribution in [2.24, 2.45) is 23.5 Å². The van der Waals surface area contributed by atoms with E-state index in [0.29, 0.717) is 26.1 Å². The summed E-state index contributed by atoms with van der Waals surface area (Å²) in [4.78, 5) is 44.2. The second kappa shape index (κ2) is 10.5. The number of amides is 3. The molecule has 186 valence electrons. The van der Waals surface area contributed by atoms with Crippen molar-refractivity contribution in [2.75, 3.05) is 26.7 Å². The van der Waals surface area contributed by atoms with Gasteiger partial charge in [0.25, 0.3) is 0 Å². The molecule has 1 unspecified atom stereocenters. The monoisotopic (exact) mass is 468 g/mol. The van der Waals surface area contributed by atoms with Crippen LogP contribution in [0.25, 0.3) is 0 Å². The van der Waals surface area contributed by atoms with Gasteiger partial charge in [0.05, 0.1) is 5.92 Å². The number of likely N-dealkylation sites (N-methyl/N-ethyl adjacent to an activating group) is 1. The lowest BCUT2D eigenvalue weighted by Crippen LogP contribution is -2.65. The summed E-state index contributed by atoms with van der Waals surface area (Å²) in [6.45, 7) is 3.87. The molecule has 7 heteroatoms. The molecule has 1 aromatic carbocycles. The number of hydrogen-bond acceptors (Lipinski definition) is 4. The van der Waals surface area contributed by atoms with Crippen LogP contribution >= 0.6 is 0 Å². The van der Waals surface area contributed by atoms with Crippen molar-refractivity contribution in [1.29, 1.82) is 0 Å². The number of fused-ring (bicyclic) bond motifs is 1. The zero-order valence-electron chi connectivity index (χ0n) is 20.7. The van der Waals surface area contributed by atoms with Crippen LogP contribution in [-0.4, -0.2) is 65.8 Å². The number of primary amides is 1. The second-order valence-corrected chi connectivity index (χ2v) is 10.4. The van der Waals surface area contributed by atoms with Gasteiger partial charge in [-0.25, -0.2) is 0 Å². The predicted octanol–water partition coefficient (Wildman–Crippen LogP) is 2.34. The van der Waals surface area contributed by atoms with Crippen molar-refractivity contribution < 1.29 is 14.4 Å². The first-order chi connectivity index (χ1) is 16.4. The Morgan fingerprint density at radius 3 is 2.47 bits per heavy atom. The lowest BCUT2D eigenvalue weighted by atomic mass is 9.68. The van der Waals surface area contributed by atoms with Crippen LogP contribution in [0.4, 0.5) is 0 Å². The number of carbonyl (C=O) groups is 3. The highest BCUT2D eigenvalue weighted by molar-refractivity contribution is 5.96. The fourth-order valence-corrected chi connectivity index (χ4v) is 6.76. The molecule has 2 aliphatic heterocycles. The third-order valence-electron chi connectivity index (χ3n) is 8.70. The highest BCUT2D eigenvalue weighted by atomic mass is 16.2. The quantitative estimate of drug-likeness (QED) is 0.582. The highest BCUT2D eigenvalue weighted by Gasteiger charge is 2.55. The van der Waals surface area contributed by atoms with Gasteiger partial charge in [-0.1, -0.05) is 56.5 Å². The molecule has 34 heavy (non-hydrogen) atoms. The van der Waals surface area contributed by atoms with Crippen LogP contribution in [0.15, 0.2) is 30.3 Å². The van der Waals surface area contributed by atoms with Crippen molar-refractivity contribution in [1.82, 2.24) is 15.1 Å². The van der Waals surface area contributed by atoms with Crippen LogP contribution in [0.3, 0.4) is 0 Å². The molecule has 3 aliphatic rings. The van der Waals surface area contributed by atoms with E-state index < -0.39 is 23.4 Å². The molecule has 7 nitrogen and oxygen atoms in total. The van der Waals surface area contributed by atoms with Gasteiger partial charge < -0.3 is 20.9 Å². The number of nitrogens with zero attached hydrogens (tertiary/aromatic N) is 2. The predicted molar refractivity (Wildman–Crippen MR) is 132 cm³/mol. The summed E-state index contributed by atoms with van der Waals surface area (Å²) in [7, 11) is 1.73. The number of nitrogens with two attached hydrogens (primary N) is 1. The molecule has 3 fully saturated rings. The summed E-state index contributed by atoms with van der Waals surface area (Å²) in [6, 6.07) is 9.78. The summed E-state index contributed by atoms with van der Waals surface area (Å²) >= 11 is 0. The highest BCUT2D eigenvalue weighted by Crippen LogP contribution is 2.41. The van der Waals surface area contributed by atoms with Gasteiger partial charge in [-0.15, -0.1) is 0 Å². The van der Waals surface area contributed by atoms with E-state index >= 15 is 0 Å². The SMILES string of the molecule is CCC(NC)(C(N)=O)[C@@H](C(=O)N1CC[C@H]2CN(CCc3ccccc3)C(=O)[C@H]21)C1CCCCC1. The minimum Gasteiger partial charge on any atom is -0.368 e. The summed E-state index contributed by atoms with van der Waals surface area (Å²) in [5, 5.41) is 3.17. The molecule has 0 aromatic heterocycles. The maximum absolute atomic E-state index is 14.2. The molecule has 2 heterocycles. The number of nitrogens with one attached hydrogen (secondary N) is 1. The summed E-state index contributed by atoms with van der Waals surface area (Å²) in [6.07, 6.45) is 7.23. The van der Waals surface area contributed by atoms with Crippen molar-refractivity contribution in [2.45, 2.75) is 69.9 Å². The molecule has 3 N–H and O–H groups in total. The summed E-state index contributed by atoms with van der Waals surface area (Å²) in [5.41, 5.74) is 6.06. The maximum atomic E-state index is 14.2. The zero-order valence-corrected chi connectivity index (χ0v) is 20.7. The molecule has 1 aromatic rings. The Balaban J connectivity index is 1.55. The van der Waals surface area contributed by atoms with Crippen molar-refractivity contribution in [3.8, 4) is 0 Å². The third-order valence-corrected chi connectivity index (χ3v) is 8.70. The largest absolute Gasteiger partial charge is 0.368 e. The standard InChI is InChI=1S/C27H40N4O3/c1-3-27(29-2,26(28)34)22(20-12-8-5-9-13-20)24(32)31-17-15-21-18-30(25(33)23(21)31)16-14-19-10-6-4-7-11-19/h4,6-7,10-11,20-23,29H,3,5,8-9,12-18H2,1-2H3,(H2,28,34)/t21-,22+,23-,27?/m0/s1. The van der Waals surface area contributed by atoms with Crippen LogP contribution in [0, 0.1) is 17.8 Å². The smallest absolute Gasteiger partial charge is 0.245 e. The Kier molecular flexibility index (Phi) is 7.60. The van der Waals surface area contributed by atoms with Crippen molar-refractivity contribution in [3.05, 3.63) is 35.9 Å². The molecule has 3 amide bonds. The fraction of sp³-hybridized carbons (Fsp3) is 0.667. The molecule has 4 rings (SSSR count). The molecule has 4 atom stereocenters.